The van der Waals surface area contributed by atoms with Gasteiger partial charge in [-0.15, -0.1) is 0 Å². The highest BCUT2D eigenvalue weighted by atomic mass is 16.6. The molecule has 2 aromatic carbocycles. The van der Waals surface area contributed by atoms with Gasteiger partial charge in [0.1, 0.15) is 11.5 Å². The van der Waals surface area contributed by atoms with E-state index in [9.17, 15) is 15.2 Å². The average Bonchev–Trinajstić information content (AvgIpc) is 2.48. The van der Waals surface area contributed by atoms with Crippen molar-refractivity contribution < 1.29 is 14.8 Å². The third-order valence-electron chi connectivity index (χ3n) is 2.93. The predicted molar refractivity (Wildman–Crippen MR) is 74.9 cm³/mol. The van der Waals surface area contributed by atoms with Crippen molar-refractivity contribution in [1.82, 2.24) is 0 Å². The molecular weight excluding hydrogens is 258 g/mol. The van der Waals surface area contributed by atoms with Gasteiger partial charge < -0.3 is 9.84 Å². The monoisotopic (exact) mass is 273 g/mol. The number of nitro benzene ring substituents is 1. The summed E-state index contributed by atoms with van der Waals surface area (Å²) in [6, 6.07) is 13.0. The Hall–Kier alpha value is -2.40. The van der Waals surface area contributed by atoms with E-state index in [-0.39, 0.29) is 5.69 Å². The second-order valence-electron chi connectivity index (χ2n) is 4.35. The van der Waals surface area contributed by atoms with Crippen LogP contribution in [0.2, 0.25) is 0 Å². The van der Waals surface area contributed by atoms with E-state index in [2.05, 4.69) is 0 Å². The molecule has 0 spiro atoms. The lowest BCUT2D eigenvalue weighted by Crippen LogP contribution is -1.94. The number of aliphatic hydroxyl groups is 1. The largest absolute Gasteiger partial charge is 0.457 e. The summed E-state index contributed by atoms with van der Waals surface area (Å²) in [6.45, 7) is 1.91. The van der Waals surface area contributed by atoms with E-state index in [4.69, 9.17) is 4.74 Å². The first-order valence-electron chi connectivity index (χ1n) is 6.30. The van der Waals surface area contributed by atoms with Gasteiger partial charge in [-0.1, -0.05) is 19.1 Å². The Balaban J connectivity index is 2.08. The summed E-state index contributed by atoms with van der Waals surface area (Å²) in [5.41, 5.74) is 0.863. The fraction of sp³-hybridized carbons (Fsp3) is 0.200. The van der Waals surface area contributed by atoms with Gasteiger partial charge in [0.05, 0.1) is 11.0 Å². The second-order valence-corrected chi connectivity index (χ2v) is 4.35. The highest BCUT2D eigenvalue weighted by molar-refractivity contribution is 5.39. The summed E-state index contributed by atoms with van der Waals surface area (Å²) in [5, 5.41) is 20.2. The van der Waals surface area contributed by atoms with E-state index in [1.807, 2.05) is 6.92 Å². The van der Waals surface area contributed by atoms with Crippen molar-refractivity contribution in [2.24, 2.45) is 0 Å². The van der Waals surface area contributed by atoms with Crippen LogP contribution in [0.3, 0.4) is 0 Å². The first kappa shape index (κ1) is 14.0. The number of hydrogen-bond donors (Lipinski definition) is 1. The highest BCUT2D eigenvalue weighted by Gasteiger charge is 2.07. The van der Waals surface area contributed by atoms with Gasteiger partial charge in [-0.05, 0) is 36.2 Å². The van der Waals surface area contributed by atoms with Gasteiger partial charge in [0.25, 0.3) is 5.69 Å². The Kier molecular flexibility index (Phi) is 4.32. The predicted octanol–water partition coefficient (Wildman–Crippen LogP) is 3.83. The zero-order chi connectivity index (χ0) is 14.5. The minimum Gasteiger partial charge on any atom is -0.457 e. The summed E-state index contributed by atoms with van der Waals surface area (Å²) < 4.78 is 5.58. The van der Waals surface area contributed by atoms with Crippen molar-refractivity contribution in [2.45, 2.75) is 19.4 Å². The summed E-state index contributed by atoms with van der Waals surface area (Å²) in [5.74, 6) is 1.14. The standard InChI is InChI=1S/C15H15NO4/c1-2-15(17)11-3-7-13(8-4-11)20-14-9-5-12(6-10-14)16(18)19/h3-10,15,17H,2H2,1H3/t15-/m0/s1. The van der Waals surface area contributed by atoms with Crippen molar-refractivity contribution in [1.29, 1.82) is 0 Å². The molecule has 0 radical (unpaired) electrons. The molecule has 0 saturated carbocycles. The average molecular weight is 273 g/mol. The van der Waals surface area contributed by atoms with Gasteiger partial charge in [0.2, 0.25) is 0 Å². The first-order valence-corrected chi connectivity index (χ1v) is 6.30. The number of non-ortho nitro benzene ring substituents is 1. The fourth-order valence-electron chi connectivity index (χ4n) is 1.77. The lowest BCUT2D eigenvalue weighted by molar-refractivity contribution is -0.384. The van der Waals surface area contributed by atoms with Crippen molar-refractivity contribution >= 4 is 5.69 Å². The zero-order valence-corrected chi connectivity index (χ0v) is 11.0. The number of rotatable bonds is 5. The molecule has 0 fully saturated rings. The van der Waals surface area contributed by atoms with Crippen LogP contribution in [-0.2, 0) is 0 Å². The van der Waals surface area contributed by atoms with E-state index in [0.29, 0.717) is 17.9 Å². The second kappa shape index (κ2) is 6.16. The Bertz CT molecular complexity index is 578. The zero-order valence-electron chi connectivity index (χ0n) is 11.0. The molecule has 104 valence electrons. The molecule has 0 heterocycles. The smallest absolute Gasteiger partial charge is 0.269 e. The number of nitro groups is 1. The van der Waals surface area contributed by atoms with Crippen molar-refractivity contribution in [3.05, 3.63) is 64.2 Å². The van der Waals surface area contributed by atoms with E-state index in [1.165, 1.54) is 12.1 Å². The molecule has 0 amide bonds. The molecule has 0 aromatic heterocycles. The molecule has 0 bridgehead atoms. The van der Waals surface area contributed by atoms with Gasteiger partial charge in [0.15, 0.2) is 0 Å². The van der Waals surface area contributed by atoms with Crippen LogP contribution >= 0.6 is 0 Å². The molecule has 1 N–H and O–H groups in total. The first-order chi connectivity index (χ1) is 9.60. The van der Waals surface area contributed by atoms with E-state index < -0.39 is 11.0 Å². The van der Waals surface area contributed by atoms with E-state index >= 15 is 0 Å². The van der Waals surface area contributed by atoms with Crippen LogP contribution < -0.4 is 4.74 Å². The molecule has 0 saturated heterocycles. The molecule has 5 heteroatoms. The van der Waals surface area contributed by atoms with Gasteiger partial charge in [-0.25, -0.2) is 0 Å². The number of aliphatic hydroxyl groups excluding tert-OH is 1. The Morgan fingerprint density at radius 2 is 1.60 bits per heavy atom. The molecule has 0 unspecified atom stereocenters. The minimum absolute atomic E-state index is 0.0266. The third-order valence-corrected chi connectivity index (χ3v) is 2.93. The van der Waals surface area contributed by atoms with Gasteiger partial charge in [-0.3, -0.25) is 10.1 Å². The van der Waals surface area contributed by atoms with Crippen LogP contribution in [0, 0.1) is 10.1 Å². The highest BCUT2D eigenvalue weighted by Crippen LogP contribution is 2.25. The SMILES string of the molecule is CC[C@H](O)c1ccc(Oc2ccc([N+](=O)[O-])cc2)cc1. The summed E-state index contributed by atoms with van der Waals surface area (Å²) >= 11 is 0. The molecule has 2 aromatic rings. The molecule has 0 aliphatic heterocycles. The van der Waals surface area contributed by atoms with Crippen LogP contribution in [0.4, 0.5) is 5.69 Å². The van der Waals surface area contributed by atoms with Gasteiger partial charge >= 0.3 is 0 Å². The van der Waals surface area contributed by atoms with E-state index in [0.717, 1.165) is 5.56 Å². The summed E-state index contributed by atoms with van der Waals surface area (Å²) in [4.78, 5) is 10.1. The van der Waals surface area contributed by atoms with Crippen LogP contribution in [0.5, 0.6) is 11.5 Å². The Morgan fingerprint density at radius 1 is 1.10 bits per heavy atom. The number of hydrogen-bond acceptors (Lipinski definition) is 4. The molecule has 1 atom stereocenters. The van der Waals surface area contributed by atoms with Crippen molar-refractivity contribution in [2.75, 3.05) is 0 Å². The lowest BCUT2D eigenvalue weighted by Gasteiger charge is -2.09. The number of benzene rings is 2. The topological polar surface area (TPSA) is 72.6 Å². The maximum atomic E-state index is 10.5. The molecular formula is C15H15NO4. The van der Waals surface area contributed by atoms with Crippen LogP contribution in [-0.4, -0.2) is 10.0 Å². The Labute approximate surface area is 116 Å². The summed E-state index contributed by atoms with van der Waals surface area (Å²) in [7, 11) is 0. The van der Waals surface area contributed by atoms with Crippen LogP contribution in [0.15, 0.2) is 48.5 Å². The molecule has 20 heavy (non-hydrogen) atoms. The van der Waals surface area contributed by atoms with Crippen molar-refractivity contribution in [3.8, 4) is 11.5 Å². The Morgan fingerprint density at radius 3 is 2.05 bits per heavy atom. The fourth-order valence-corrected chi connectivity index (χ4v) is 1.77. The third kappa shape index (κ3) is 3.33. The van der Waals surface area contributed by atoms with Crippen molar-refractivity contribution in [3.63, 3.8) is 0 Å². The maximum absolute atomic E-state index is 10.5. The van der Waals surface area contributed by atoms with Gasteiger partial charge in [0, 0.05) is 12.1 Å². The normalized spacial score (nSPS) is 11.9. The molecule has 0 aliphatic rings. The minimum atomic E-state index is -0.469. The van der Waals surface area contributed by atoms with Crippen LogP contribution in [0.25, 0.3) is 0 Å². The molecule has 0 aliphatic carbocycles. The maximum Gasteiger partial charge on any atom is 0.269 e. The molecule has 2 rings (SSSR count). The van der Waals surface area contributed by atoms with Gasteiger partial charge in [-0.2, -0.15) is 0 Å². The molecule has 5 nitrogen and oxygen atoms in total. The van der Waals surface area contributed by atoms with Crippen LogP contribution in [0.1, 0.15) is 25.0 Å². The summed E-state index contributed by atoms with van der Waals surface area (Å²) in [6.07, 6.45) is 0.186. The number of nitrogens with zero attached hydrogens (tertiary/aromatic N) is 1. The quantitative estimate of drug-likeness (QED) is 0.663. The lowest BCUT2D eigenvalue weighted by atomic mass is 10.1. The number of ether oxygens (including phenoxy) is 1. The van der Waals surface area contributed by atoms with E-state index in [1.54, 1.807) is 36.4 Å².